The number of nitrogens with zero attached hydrogens (tertiary/aromatic N) is 3. The average Bonchev–Trinajstić information content (AvgIpc) is 3.20. The number of aromatic amines is 2. The van der Waals surface area contributed by atoms with Gasteiger partial charge in [-0.3, -0.25) is 9.78 Å². The molecule has 0 fully saturated rings. The first kappa shape index (κ1) is 16.7. The molecule has 0 radical (unpaired) electrons. The number of benzene rings is 1. The van der Waals surface area contributed by atoms with Gasteiger partial charge < -0.3 is 9.88 Å². The number of aryl methyl sites for hydroxylation is 2. The quantitative estimate of drug-likeness (QED) is 0.598. The summed E-state index contributed by atoms with van der Waals surface area (Å²) in [6.45, 7) is 2.69. The van der Waals surface area contributed by atoms with E-state index in [9.17, 15) is 9.59 Å². The Bertz CT molecular complexity index is 880. The van der Waals surface area contributed by atoms with Gasteiger partial charge >= 0.3 is 5.69 Å². The fourth-order valence-electron chi connectivity index (χ4n) is 2.70. The first-order valence-electron chi connectivity index (χ1n) is 8.07. The lowest BCUT2D eigenvalue weighted by Crippen LogP contribution is -2.31. The van der Waals surface area contributed by atoms with Crippen LogP contribution in [0, 0.1) is 6.92 Å². The zero-order chi connectivity index (χ0) is 17.6. The number of hydrogen-bond acceptors (Lipinski definition) is 4. The van der Waals surface area contributed by atoms with E-state index in [1.165, 1.54) is 0 Å². The predicted molar refractivity (Wildman–Crippen MR) is 91.8 cm³/mol. The van der Waals surface area contributed by atoms with Crippen LogP contribution in [-0.2, 0) is 17.8 Å². The average molecular weight is 340 g/mol. The number of H-pyrrole nitrogens is 2. The fraction of sp³-hybridized carbons (Fsp3) is 0.294. The number of carbonyl (C=O) groups is 1. The van der Waals surface area contributed by atoms with Gasteiger partial charge in [-0.05, 0) is 18.9 Å². The molecule has 8 nitrogen and oxygen atoms in total. The third kappa shape index (κ3) is 4.43. The molecule has 2 heterocycles. The van der Waals surface area contributed by atoms with Gasteiger partial charge in [-0.15, -0.1) is 0 Å². The molecule has 0 saturated carbocycles. The van der Waals surface area contributed by atoms with Crippen LogP contribution in [0.25, 0.3) is 0 Å². The van der Waals surface area contributed by atoms with Gasteiger partial charge in [0.15, 0.2) is 0 Å². The number of hydrogen-bond donors (Lipinski definition) is 3. The van der Waals surface area contributed by atoms with Gasteiger partial charge in [0.05, 0.1) is 12.5 Å². The molecule has 1 atom stereocenters. The van der Waals surface area contributed by atoms with E-state index in [-0.39, 0.29) is 18.4 Å². The third-order valence-corrected chi connectivity index (χ3v) is 4.00. The van der Waals surface area contributed by atoms with Crippen LogP contribution in [0.4, 0.5) is 0 Å². The number of rotatable bonds is 7. The maximum absolute atomic E-state index is 12.3. The minimum atomic E-state index is -0.419. The van der Waals surface area contributed by atoms with Crippen LogP contribution in [0.2, 0.25) is 0 Å². The minimum absolute atomic E-state index is 0.0200. The van der Waals surface area contributed by atoms with Crippen molar-refractivity contribution in [1.82, 2.24) is 30.0 Å². The Morgan fingerprint density at radius 2 is 2.12 bits per heavy atom. The maximum Gasteiger partial charge on any atom is 0.340 e. The molecule has 0 aliphatic rings. The van der Waals surface area contributed by atoms with Crippen molar-refractivity contribution in [3.63, 3.8) is 0 Å². The van der Waals surface area contributed by atoms with E-state index in [0.29, 0.717) is 5.82 Å². The number of amides is 1. The van der Waals surface area contributed by atoms with E-state index in [1.807, 2.05) is 48.0 Å². The molecule has 1 amide bonds. The highest BCUT2D eigenvalue weighted by atomic mass is 16.2. The van der Waals surface area contributed by atoms with Crippen molar-refractivity contribution in [1.29, 1.82) is 0 Å². The topological polar surface area (TPSA) is 108 Å². The van der Waals surface area contributed by atoms with Crippen LogP contribution < -0.4 is 11.0 Å². The summed E-state index contributed by atoms with van der Waals surface area (Å²) < 4.78 is 2.05. The van der Waals surface area contributed by atoms with Crippen LogP contribution in [0.5, 0.6) is 0 Å². The van der Waals surface area contributed by atoms with E-state index >= 15 is 0 Å². The lowest BCUT2D eigenvalue weighted by Gasteiger charge is -2.19. The Morgan fingerprint density at radius 3 is 2.76 bits per heavy atom. The molecule has 0 spiro atoms. The molecule has 1 unspecified atom stereocenters. The zero-order valence-corrected chi connectivity index (χ0v) is 13.9. The summed E-state index contributed by atoms with van der Waals surface area (Å²) in [6.07, 6.45) is 4.43. The molecule has 0 aliphatic carbocycles. The normalized spacial score (nSPS) is 12.0. The van der Waals surface area contributed by atoms with E-state index in [4.69, 9.17) is 0 Å². The van der Waals surface area contributed by atoms with Gasteiger partial charge in [0.2, 0.25) is 5.91 Å². The van der Waals surface area contributed by atoms with E-state index < -0.39 is 5.69 Å². The molecule has 3 rings (SSSR count). The molecule has 8 heteroatoms. The summed E-state index contributed by atoms with van der Waals surface area (Å²) in [6, 6.07) is 9.67. The van der Waals surface area contributed by atoms with Crippen molar-refractivity contribution in [3.05, 3.63) is 70.4 Å². The van der Waals surface area contributed by atoms with E-state index in [2.05, 4.69) is 25.5 Å². The van der Waals surface area contributed by atoms with Crippen LogP contribution >= 0.6 is 0 Å². The maximum atomic E-state index is 12.3. The Balaban J connectivity index is 1.68. The molecular weight excluding hydrogens is 320 g/mol. The molecule has 25 heavy (non-hydrogen) atoms. The summed E-state index contributed by atoms with van der Waals surface area (Å²) in [4.78, 5) is 30.1. The van der Waals surface area contributed by atoms with Gasteiger partial charge in [-0.1, -0.05) is 30.3 Å². The monoisotopic (exact) mass is 340 g/mol. The zero-order valence-electron chi connectivity index (χ0n) is 13.9. The third-order valence-electron chi connectivity index (χ3n) is 4.00. The van der Waals surface area contributed by atoms with Crippen molar-refractivity contribution in [2.24, 2.45) is 0 Å². The Kier molecular flexibility index (Phi) is 5.08. The second-order valence-electron chi connectivity index (χ2n) is 5.79. The lowest BCUT2D eigenvalue weighted by molar-refractivity contribution is -0.121. The van der Waals surface area contributed by atoms with Crippen LogP contribution in [0.15, 0.2) is 47.5 Å². The highest BCUT2D eigenvalue weighted by Crippen LogP contribution is 2.18. The molecule has 0 aliphatic heterocycles. The number of imidazole rings is 1. The smallest absolute Gasteiger partial charge is 0.340 e. The second-order valence-corrected chi connectivity index (χ2v) is 5.79. The first-order chi connectivity index (χ1) is 12.1. The SMILES string of the molecule is Cc1nccn1CCC(NC(=O)Cc1n[nH]c(=O)[nH]1)c1ccccc1. The molecular formula is C17H20N6O2. The molecule has 1 aromatic carbocycles. The predicted octanol–water partition coefficient (Wildman–Crippen LogP) is 1.09. The summed E-state index contributed by atoms with van der Waals surface area (Å²) in [5.74, 6) is 1.06. The standard InChI is InChI=1S/C17H20N6O2/c1-12-18-8-10-23(12)9-7-14(13-5-3-2-4-6-13)19-16(24)11-15-20-17(25)22-21-15/h2-6,8,10,14H,7,9,11H2,1H3,(H,19,24)(H2,20,21,22,25). The summed E-state index contributed by atoms with van der Waals surface area (Å²) in [5, 5.41) is 9.05. The first-order valence-corrected chi connectivity index (χ1v) is 8.07. The van der Waals surface area contributed by atoms with Crippen molar-refractivity contribution in [2.75, 3.05) is 0 Å². The van der Waals surface area contributed by atoms with Crippen LogP contribution in [-0.4, -0.2) is 30.6 Å². The minimum Gasteiger partial charge on any atom is -0.349 e. The summed E-state index contributed by atoms with van der Waals surface area (Å²) >= 11 is 0. The number of nitrogens with one attached hydrogen (secondary N) is 3. The van der Waals surface area contributed by atoms with Crippen molar-refractivity contribution in [3.8, 4) is 0 Å². The van der Waals surface area contributed by atoms with Crippen molar-refractivity contribution in [2.45, 2.75) is 32.4 Å². The van der Waals surface area contributed by atoms with E-state index in [0.717, 1.165) is 24.4 Å². The Labute approximate surface area is 144 Å². The molecule has 2 aromatic heterocycles. The second kappa shape index (κ2) is 7.61. The van der Waals surface area contributed by atoms with Gasteiger partial charge in [-0.25, -0.2) is 14.9 Å². The molecule has 3 aromatic rings. The highest BCUT2D eigenvalue weighted by Gasteiger charge is 2.16. The number of aromatic nitrogens is 5. The highest BCUT2D eigenvalue weighted by molar-refractivity contribution is 5.78. The Hall–Kier alpha value is -3.16. The van der Waals surface area contributed by atoms with Crippen molar-refractivity contribution < 1.29 is 4.79 Å². The summed E-state index contributed by atoms with van der Waals surface area (Å²) in [7, 11) is 0. The van der Waals surface area contributed by atoms with Crippen LogP contribution in [0.1, 0.15) is 29.7 Å². The van der Waals surface area contributed by atoms with E-state index in [1.54, 1.807) is 6.20 Å². The molecule has 130 valence electrons. The van der Waals surface area contributed by atoms with Gasteiger partial charge in [0.1, 0.15) is 11.6 Å². The largest absolute Gasteiger partial charge is 0.349 e. The van der Waals surface area contributed by atoms with Gasteiger partial charge in [0, 0.05) is 18.9 Å². The Morgan fingerprint density at radius 1 is 1.32 bits per heavy atom. The van der Waals surface area contributed by atoms with Crippen LogP contribution in [0.3, 0.4) is 0 Å². The van der Waals surface area contributed by atoms with Gasteiger partial charge in [-0.2, -0.15) is 5.10 Å². The number of carbonyl (C=O) groups excluding carboxylic acids is 1. The molecule has 0 saturated heterocycles. The lowest BCUT2D eigenvalue weighted by atomic mass is 10.0. The van der Waals surface area contributed by atoms with Crippen molar-refractivity contribution >= 4 is 5.91 Å². The molecule has 3 N–H and O–H groups in total. The fourth-order valence-corrected chi connectivity index (χ4v) is 2.70. The van der Waals surface area contributed by atoms with Gasteiger partial charge in [0.25, 0.3) is 0 Å². The molecule has 0 bridgehead atoms. The summed E-state index contributed by atoms with van der Waals surface area (Å²) in [5.41, 5.74) is 0.613.